The molecule has 0 aromatic carbocycles. The van der Waals surface area contributed by atoms with Crippen LogP contribution in [0.3, 0.4) is 0 Å². The van der Waals surface area contributed by atoms with Gasteiger partial charge in [0.1, 0.15) is 31.0 Å². The molecule has 16 nitrogen and oxygen atoms in total. The minimum atomic E-state index is -5.44. The van der Waals surface area contributed by atoms with Crippen LogP contribution < -0.4 is 0 Å². The fourth-order valence-corrected chi connectivity index (χ4v) is 9.26. The summed E-state index contributed by atoms with van der Waals surface area (Å²) >= 11 is 0. The van der Waals surface area contributed by atoms with Gasteiger partial charge in [0.2, 0.25) is 0 Å². The highest BCUT2D eigenvalue weighted by Crippen LogP contribution is 2.47. The molecule has 0 aromatic rings. The zero-order valence-electron chi connectivity index (χ0n) is 38.7. The molecule has 0 saturated heterocycles. The van der Waals surface area contributed by atoms with Crippen LogP contribution in [0.4, 0.5) is 0 Å². The summed E-state index contributed by atoms with van der Waals surface area (Å²) < 4.78 is 34.7. The Hall–Kier alpha value is -1.79. The van der Waals surface area contributed by atoms with Gasteiger partial charge in [0.05, 0.1) is 37.1 Å². The van der Waals surface area contributed by atoms with Crippen molar-refractivity contribution in [1.82, 2.24) is 0 Å². The molecule has 0 spiro atoms. The first kappa shape index (κ1) is 58.3. The number of carbonyl (C=O) groups is 2. The molecule has 1 unspecified atom stereocenters. The van der Waals surface area contributed by atoms with Gasteiger partial charge in [-0.1, -0.05) is 147 Å². The van der Waals surface area contributed by atoms with E-state index in [1.807, 2.05) is 6.92 Å². The largest absolute Gasteiger partial charge is 0.472 e. The molecule has 9 N–H and O–H groups in total. The van der Waals surface area contributed by atoms with Crippen LogP contribution >= 0.6 is 7.82 Å². The summed E-state index contributed by atoms with van der Waals surface area (Å²) in [7, 11) is -5.44. The zero-order valence-corrected chi connectivity index (χ0v) is 39.6. The number of allylic oxidation sites excluding steroid dienone is 2. The zero-order chi connectivity index (χ0) is 47.3. The van der Waals surface area contributed by atoms with E-state index in [4.69, 9.17) is 18.5 Å². The standard InChI is InChI=1S/C47H85O16P/c1-3-5-7-8-9-10-11-12-13-14-15-16-17-18-24-28-41(52)62-35-32-60-40(51)27-23-20-19-22-26-36-38(49)31-39(50)37(30-29-34(48)25-21-6-4-2)43(54)45(56)47(46(57)44(55)42(36)53)63-64(58,59)61-33-35/h19,22,29-30,34-39,42-50,53-57H,3-18,20-21,23-28,31-33H2,1-2H3,(H,58,59)/b22-19+,30-29+/t34-,35+,36-,37-,38-,39+,42+,43+,44-,45+,46+,47+/m0/s1. The molecular weight excluding hydrogens is 851 g/mol. The molecule has 64 heavy (non-hydrogen) atoms. The molecule has 0 radical (unpaired) electrons. The maximum atomic E-state index is 13.5. The summed E-state index contributed by atoms with van der Waals surface area (Å²) in [6.07, 6.45) is 6.94. The molecule has 0 aromatic heterocycles. The molecule has 2 aliphatic rings. The highest BCUT2D eigenvalue weighted by Gasteiger charge is 2.49. The van der Waals surface area contributed by atoms with Gasteiger partial charge in [-0.25, -0.2) is 4.57 Å². The van der Waals surface area contributed by atoms with Crippen molar-refractivity contribution in [3.8, 4) is 0 Å². The first-order valence-electron chi connectivity index (χ1n) is 24.4. The first-order chi connectivity index (χ1) is 30.6. The molecule has 13 atom stereocenters. The van der Waals surface area contributed by atoms with Crippen LogP contribution in [0.15, 0.2) is 24.3 Å². The van der Waals surface area contributed by atoms with Crippen LogP contribution in [0, 0.1) is 11.8 Å². The molecule has 1 saturated carbocycles. The number of fused-ring (bicyclic) bond motifs is 4. The monoisotopic (exact) mass is 937 g/mol. The lowest BCUT2D eigenvalue weighted by molar-refractivity contribution is -0.167. The van der Waals surface area contributed by atoms with Gasteiger partial charge in [0, 0.05) is 31.1 Å². The van der Waals surface area contributed by atoms with Gasteiger partial charge >= 0.3 is 19.8 Å². The maximum Gasteiger partial charge on any atom is 0.472 e. The van der Waals surface area contributed by atoms with Gasteiger partial charge in [-0.15, -0.1) is 0 Å². The fourth-order valence-electron chi connectivity index (χ4n) is 8.28. The van der Waals surface area contributed by atoms with Gasteiger partial charge in [-0.3, -0.25) is 18.6 Å². The number of hydrogen-bond donors (Lipinski definition) is 9. The molecule has 1 heterocycles. The van der Waals surface area contributed by atoms with Crippen LogP contribution in [0.2, 0.25) is 0 Å². The Labute approximate surface area is 382 Å². The van der Waals surface area contributed by atoms with Crippen LogP contribution in [0.25, 0.3) is 0 Å². The number of carbonyl (C=O) groups excluding carboxylic acids is 2. The van der Waals surface area contributed by atoms with Crippen molar-refractivity contribution in [1.29, 1.82) is 0 Å². The Morgan fingerprint density at radius 1 is 0.750 bits per heavy atom. The van der Waals surface area contributed by atoms with E-state index in [1.165, 1.54) is 76.4 Å². The number of cyclic esters (lactones) is 1. The van der Waals surface area contributed by atoms with E-state index in [1.54, 1.807) is 12.2 Å². The average Bonchev–Trinajstić information content (AvgIpc) is 3.26. The number of esters is 2. The summed E-state index contributed by atoms with van der Waals surface area (Å²) in [5.41, 5.74) is 0. The third-order valence-corrected chi connectivity index (χ3v) is 13.3. The molecule has 1 aliphatic heterocycles. The molecule has 2 bridgehead atoms. The lowest BCUT2D eigenvalue weighted by Crippen LogP contribution is -2.55. The maximum absolute atomic E-state index is 13.5. The highest BCUT2D eigenvalue weighted by molar-refractivity contribution is 7.47. The second kappa shape index (κ2) is 33.6. The van der Waals surface area contributed by atoms with Gasteiger partial charge < -0.3 is 55.2 Å². The van der Waals surface area contributed by atoms with Crippen molar-refractivity contribution < 1.29 is 78.4 Å². The van der Waals surface area contributed by atoms with Crippen molar-refractivity contribution in [2.75, 3.05) is 13.2 Å². The minimum Gasteiger partial charge on any atom is -0.462 e. The molecule has 0 amide bonds. The number of unbranched alkanes of at least 4 members (excludes halogenated alkanes) is 16. The van der Waals surface area contributed by atoms with Crippen molar-refractivity contribution in [2.45, 2.75) is 235 Å². The number of ether oxygens (including phenoxy) is 2. The number of hydrogen-bond acceptors (Lipinski definition) is 15. The fraction of sp³-hybridized carbons (Fsp3) is 0.872. The van der Waals surface area contributed by atoms with Crippen molar-refractivity contribution >= 4 is 19.8 Å². The van der Waals surface area contributed by atoms with Crippen LogP contribution in [-0.4, -0.2) is 132 Å². The molecule has 374 valence electrons. The van der Waals surface area contributed by atoms with E-state index < -0.39 is 112 Å². The molecular formula is C47H85O16P. The number of rotatable bonds is 23. The number of phosphoric ester groups is 1. The van der Waals surface area contributed by atoms with Gasteiger partial charge in [0.15, 0.2) is 6.10 Å². The molecule has 1 fully saturated rings. The Morgan fingerprint density at radius 3 is 1.92 bits per heavy atom. The quantitative estimate of drug-likeness (QED) is 0.0246. The molecule has 1 aliphatic carbocycles. The summed E-state index contributed by atoms with van der Waals surface area (Å²) in [5, 5.41) is 90.1. The summed E-state index contributed by atoms with van der Waals surface area (Å²) in [6.45, 7) is 2.84. The van der Waals surface area contributed by atoms with E-state index in [0.717, 1.165) is 38.5 Å². The normalized spacial score (nSPS) is 32.9. The number of aliphatic hydroxyl groups excluding tert-OH is 8. The Morgan fingerprint density at radius 2 is 1.31 bits per heavy atom. The second-order valence-electron chi connectivity index (χ2n) is 17.9. The van der Waals surface area contributed by atoms with E-state index in [0.29, 0.717) is 32.1 Å². The lowest BCUT2D eigenvalue weighted by Gasteiger charge is -2.37. The summed E-state index contributed by atoms with van der Waals surface area (Å²) in [5.74, 6) is -4.02. The van der Waals surface area contributed by atoms with E-state index in [-0.39, 0.29) is 19.3 Å². The van der Waals surface area contributed by atoms with Crippen molar-refractivity contribution in [3.05, 3.63) is 24.3 Å². The predicted molar refractivity (Wildman–Crippen MR) is 242 cm³/mol. The predicted octanol–water partition coefficient (Wildman–Crippen LogP) is 6.00. The average molecular weight is 937 g/mol. The van der Waals surface area contributed by atoms with E-state index in [2.05, 4.69) is 6.92 Å². The van der Waals surface area contributed by atoms with Gasteiger partial charge in [-0.05, 0) is 32.1 Å². The number of phosphoric acid groups is 1. The van der Waals surface area contributed by atoms with Gasteiger partial charge in [-0.2, -0.15) is 0 Å². The van der Waals surface area contributed by atoms with E-state index in [9.17, 15) is 59.9 Å². The third kappa shape index (κ3) is 23.8. The van der Waals surface area contributed by atoms with Crippen LogP contribution in [-0.2, 0) is 32.7 Å². The third-order valence-electron chi connectivity index (χ3n) is 12.4. The Kier molecular flexibility index (Phi) is 30.7. The number of aliphatic hydroxyl groups is 8. The minimum absolute atomic E-state index is 0.0355. The van der Waals surface area contributed by atoms with Crippen LogP contribution in [0.1, 0.15) is 174 Å². The van der Waals surface area contributed by atoms with Crippen molar-refractivity contribution in [2.24, 2.45) is 11.8 Å². The van der Waals surface area contributed by atoms with Crippen molar-refractivity contribution in [3.63, 3.8) is 0 Å². The SMILES string of the molecule is CCCCCCCCCCCCCCCCCC(=O)O[C@@H]1COC(=O)CCC/C=C/C[C@@H]2[C@@H](O)[C@H](O)[C@@H](O)[C@H](OP(=O)(O)OC1)[C@H](O)[C@H](O)[C@@H](/C=C/[C@@H](O)CCCCC)[C@H](O)C[C@@H]2O. The highest BCUT2D eigenvalue weighted by atomic mass is 31.2. The van der Waals surface area contributed by atoms with Gasteiger partial charge in [0.25, 0.3) is 0 Å². The van der Waals surface area contributed by atoms with E-state index >= 15 is 0 Å². The second-order valence-corrected chi connectivity index (χ2v) is 19.3. The smallest absolute Gasteiger partial charge is 0.462 e. The lowest BCUT2D eigenvalue weighted by atomic mass is 9.83. The topological polar surface area (TPSA) is 270 Å². The molecule has 17 heteroatoms. The summed E-state index contributed by atoms with van der Waals surface area (Å²) in [6, 6.07) is 0. The Bertz CT molecular complexity index is 1350. The Balaban J connectivity index is 2.18. The van der Waals surface area contributed by atoms with Crippen LogP contribution in [0.5, 0.6) is 0 Å². The molecule has 2 rings (SSSR count). The summed E-state index contributed by atoms with van der Waals surface area (Å²) in [4.78, 5) is 36.5. The first-order valence-corrected chi connectivity index (χ1v) is 25.9.